The van der Waals surface area contributed by atoms with Gasteiger partial charge in [0.2, 0.25) is 5.91 Å². The van der Waals surface area contributed by atoms with Crippen molar-refractivity contribution in [3.05, 3.63) is 17.0 Å². The Labute approximate surface area is 113 Å². The van der Waals surface area contributed by atoms with Crippen LogP contribution >= 0.6 is 0 Å². The first-order valence-electron chi connectivity index (χ1n) is 6.26. The molecule has 2 rings (SSSR count). The maximum atomic E-state index is 12.2. The number of aromatic amines is 1. The van der Waals surface area contributed by atoms with E-state index in [9.17, 15) is 13.2 Å². The third-order valence-corrected chi connectivity index (χ3v) is 5.51. The Morgan fingerprint density at radius 1 is 1.47 bits per heavy atom. The zero-order valence-electron chi connectivity index (χ0n) is 11.4. The van der Waals surface area contributed by atoms with Gasteiger partial charge < -0.3 is 4.90 Å². The summed E-state index contributed by atoms with van der Waals surface area (Å²) in [4.78, 5) is 13.8. The minimum atomic E-state index is -2.96. The summed E-state index contributed by atoms with van der Waals surface area (Å²) in [6, 6.07) is -0.190. The van der Waals surface area contributed by atoms with Crippen molar-refractivity contribution >= 4 is 15.7 Å². The third-order valence-electron chi connectivity index (χ3n) is 3.76. The van der Waals surface area contributed by atoms with Gasteiger partial charge in [0.15, 0.2) is 9.84 Å². The van der Waals surface area contributed by atoms with E-state index in [1.54, 1.807) is 11.9 Å². The zero-order valence-corrected chi connectivity index (χ0v) is 12.2. The van der Waals surface area contributed by atoms with Crippen molar-refractivity contribution in [2.45, 2.75) is 32.7 Å². The summed E-state index contributed by atoms with van der Waals surface area (Å²) in [5.41, 5.74) is 2.61. The average Bonchev–Trinajstić information content (AvgIpc) is 2.84. The fraction of sp³-hybridized carbons (Fsp3) is 0.667. The smallest absolute Gasteiger partial charge is 0.227 e. The van der Waals surface area contributed by atoms with Gasteiger partial charge in [0.05, 0.1) is 23.6 Å². The molecule has 1 aromatic heterocycles. The molecule has 1 aliphatic heterocycles. The lowest BCUT2D eigenvalue weighted by Crippen LogP contribution is -2.38. The number of hydrogen-bond acceptors (Lipinski definition) is 4. The maximum absolute atomic E-state index is 12.2. The van der Waals surface area contributed by atoms with Crippen molar-refractivity contribution in [3.63, 3.8) is 0 Å². The number of aromatic nitrogens is 2. The van der Waals surface area contributed by atoms with Crippen LogP contribution in [-0.2, 0) is 21.1 Å². The number of rotatable bonds is 3. The Morgan fingerprint density at radius 3 is 2.63 bits per heavy atom. The largest absolute Gasteiger partial charge is 0.341 e. The number of nitrogens with one attached hydrogen (secondary N) is 1. The van der Waals surface area contributed by atoms with Crippen molar-refractivity contribution in [2.24, 2.45) is 0 Å². The van der Waals surface area contributed by atoms with E-state index in [2.05, 4.69) is 10.2 Å². The van der Waals surface area contributed by atoms with Crippen LogP contribution in [-0.4, -0.2) is 54.0 Å². The normalized spacial score (nSPS) is 21.5. The van der Waals surface area contributed by atoms with E-state index in [0.717, 1.165) is 17.0 Å². The van der Waals surface area contributed by atoms with Crippen LogP contribution in [0.25, 0.3) is 0 Å². The lowest BCUT2D eigenvalue weighted by atomic mass is 10.1. The predicted molar refractivity (Wildman–Crippen MR) is 71.6 cm³/mol. The third kappa shape index (κ3) is 2.97. The molecular formula is C12H19N3O3S. The van der Waals surface area contributed by atoms with Gasteiger partial charge in [0.1, 0.15) is 0 Å². The Balaban J connectivity index is 2.05. The van der Waals surface area contributed by atoms with Gasteiger partial charge in [0.25, 0.3) is 0 Å². The van der Waals surface area contributed by atoms with E-state index >= 15 is 0 Å². The summed E-state index contributed by atoms with van der Waals surface area (Å²) in [5.74, 6) is 0.201. The molecule has 1 aromatic rings. The minimum absolute atomic E-state index is 0.0605. The summed E-state index contributed by atoms with van der Waals surface area (Å²) in [6.07, 6.45) is 0.801. The summed E-state index contributed by atoms with van der Waals surface area (Å²) in [7, 11) is -1.29. The lowest BCUT2D eigenvalue weighted by Gasteiger charge is -2.23. The zero-order chi connectivity index (χ0) is 14.2. The molecule has 0 spiro atoms. The van der Waals surface area contributed by atoms with Gasteiger partial charge in [0, 0.05) is 24.3 Å². The second-order valence-electron chi connectivity index (χ2n) is 5.15. The van der Waals surface area contributed by atoms with E-state index in [1.807, 2.05) is 13.8 Å². The van der Waals surface area contributed by atoms with E-state index in [0.29, 0.717) is 6.42 Å². The van der Waals surface area contributed by atoms with Crippen molar-refractivity contribution < 1.29 is 13.2 Å². The first-order valence-corrected chi connectivity index (χ1v) is 8.09. The number of nitrogens with zero attached hydrogens (tertiary/aromatic N) is 2. The average molecular weight is 285 g/mol. The van der Waals surface area contributed by atoms with Gasteiger partial charge in [-0.2, -0.15) is 5.10 Å². The molecule has 0 radical (unpaired) electrons. The van der Waals surface area contributed by atoms with Crippen LogP contribution in [0.1, 0.15) is 23.4 Å². The molecule has 1 N–H and O–H groups in total. The topological polar surface area (TPSA) is 83.1 Å². The van der Waals surface area contributed by atoms with Gasteiger partial charge in [-0.1, -0.05) is 0 Å². The highest BCUT2D eigenvalue weighted by Crippen LogP contribution is 2.18. The number of H-pyrrole nitrogens is 1. The Morgan fingerprint density at radius 2 is 2.16 bits per heavy atom. The first-order chi connectivity index (χ1) is 8.80. The number of aryl methyl sites for hydroxylation is 2. The second-order valence-corrected chi connectivity index (χ2v) is 7.38. The summed E-state index contributed by atoms with van der Waals surface area (Å²) in [5, 5.41) is 6.90. The van der Waals surface area contributed by atoms with E-state index in [4.69, 9.17) is 0 Å². The van der Waals surface area contributed by atoms with E-state index < -0.39 is 9.84 Å². The lowest BCUT2D eigenvalue weighted by molar-refractivity contribution is -0.130. The molecule has 1 unspecified atom stereocenters. The first kappa shape index (κ1) is 14.0. The molecule has 0 saturated carbocycles. The molecular weight excluding hydrogens is 266 g/mol. The quantitative estimate of drug-likeness (QED) is 0.861. The Hall–Kier alpha value is -1.37. The molecule has 106 valence electrons. The van der Waals surface area contributed by atoms with E-state index in [1.165, 1.54) is 0 Å². The van der Waals surface area contributed by atoms with Crippen molar-refractivity contribution in [3.8, 4) is 0 Å². The summed E-state index contributed by atoms with van der Waals surface area (Å²) < 4.78 is 22.9. The highest BCUT2D eigenvalue weighted by Gasteiger charge is 2.32. The molecule has 0 aliphatic carbocycles. The number of carbonyl (C=O) groups excluding carboxylic acids is 1. The summed E-state index contributed by atoms with van der Waals surface area (Å²) >= 11 is 0. The van der Waals surface area contributed by atoms with E-state index in [-0.39, 0.29) is 29.9 Å². The molecule has 0 bridgehead atoms. The molecule has 1 atom stereocenters. The van der Waals surface area contributed by atoms with Gasteiger partial charge >= 0.3 is 0 Å². The van der Waals surface area contributed by atoms with Crippen LogP contribution in [0.4, 0.5) is 0 Å². The fourth-order valence-electron chi connectivity index (χ4n) is 2.39. The highest BCUT2D eigenvalue weighted by atomic mass is 32.2. The van der Waals surface area contributed by atoms with Crippen LogP contribution in [0, 0.1) is 13.8 Å². The van der Waals surface area contributed by atoms with Crippen LogP contribution in [0.15, 0.2) is 0 Å². The number of sulfone groups is 1. The van der Waals surface area contributed by atoms with Crippen LogP contribution in [0.5, 0.6) is 0 Å². The highest BCUT2D eigenvalue weighted by molar-refractivity contribution is 7.91. The fourth-order valence-corrected chi connectivity index (χ4v) is 4.17. The van der Waals surface area contributed by atoms with Crippen molar-refractivity contribution in [2.75, 3.05) is 18.6 Å². The molecule has 1 fully saturated rings. The van der Waals surface area contributed by atoms with Crippen LogP contribution in [0.2, 0.25) is 0 Å². The van der Waals surface area contributed by atoms with Crippen molar-refractivity contribution in [1.29, 1.82) is 0 Å². The monoisotopic (exact) mass is 285 g/mol. The van der Waals surface area contributed by atoms with Gasteiger partial charge in [-0.05, 0) is 20.3 Å². The standard InChI is InChI=1S/C12H19N3O3S/c1-8-11(9(2)14-13-8)6-12(16)15(3)10-4-5-19(17,18)7-10/h10H,4-7H2,1-3H3,(H,13,14). The molecule has 1 amide bonds. The molecule has 2 heterocycles. The molecule has 0 aromatic carbocycles. The van der Waals surface area contributed by atoms with Crippen molar-refractivity contribution in [1.82, 2.24) is 15.1 Å². The Bertz CT molecular complexity index is 572. The van der Waals surface area contributed by atoms with Gasteiger partial charge in [-0.3, -0.25) is 9.89 Å². The number of carbonyl (C=O) groups is 1. The molecule has 6 nitrogen and oxygen atoms in total. The molecule has 19 heavy (non-hydrogen) atoms. The number of amides is 1. The predicted octanol–water partition coefficient (Wildman–Crippen LogP) is 0.215. The van der Waals surface area contributed by atoms with Gasteiger partial charge in [-0.25, -0.2) is 8.42 Å². The maximum Gasteiger partial charge on any atom is 0.227 e. The minimum Gasteiger partial charge on any atom is -0.341 e. The molecule has 1 aliphatic rings. The number of hydrogen-bond donors (Lipinski definition) is 1. The summed E-state index contributed by atoms with van der Waals surface area (Å²) in [6.45, 7) is 3.73. The Kier molecular flexibility index (Phi) is 3.66. The second kappa shape index (κ2) is 4.96. The number of likely N-dealkylation sites (N-methyl/N-ethyl adjacent to an activating group) is 1. The molecule has 1 saturated heterocycles. The van der Waals surface area contributed by atoms with Gasteiger partial charge in [-0.15, -0.1) is 0 Å². The van der Waals surface area contributed by atoms with Crippen LogP contribution in [0.3, 0.4) is 0 Å². The molecule has 7 heteroatoms. The SMILES string of the molecule is Cc1n[nH]c(C)c1CC(=O)N(C)C1CCS(=O)(=O)C1. The van der Waals surface area contributed by atoms with Crippen LogP contribution < -0.4 is 0 Å².